The average Bonchev–Trinajstić information content (AvgIpc) is 3.27. The summed E-state index contributed by atoms with van der Waals surface area (Å²) in [6, 6.07) is 7.31. The largest absolute Gasteiger partial charge is 0.496 e. The Labute approximate surface area is 165 Å². The number of carbonyl (C=O) groups is 2. The Balaban J connectivity index is 1.68. The number of ether oxygens (including phenoxy) is 1. The Hall–Kier alpha value is -2.83. The number of hydrogen-bond acceptors (Lipinski definition) is 4. The summed E-state index contributed by atoms with van der Waals surface area (Å²) in [7, 11) is 1.61. The van der Waals surface area contributed by atoms with Crippen LogP contribution in [0.4, 0.5) is 0 Å². The van der Waals surface area contributed by atoms with Gasteiger partial charge in [-0.1, -0.05) is 18.2 Å². The van der Waals surface area contributed by atoms with Gasteiger partial charge in [0.2, 0.25) is 11.8 Å². The van der Waals surface area contributed by atoms with Crippen LogP contribution in [0.15, 0.2) is 36.7 Å². The number of carbonyl (C=O) groups excluding carboxylic acids is 2. The lowest BCUT2D eigenvalue weighted by Crippen LogP contribution is -2.36. The summed E-state index contributed by atoms with van der Waals surface area (Å²) in [6.45, 7) is 5.82. The van der Waals surface area contributed by atoms with E-state index in [1.165, 1.54) is 0 Å². The van der Waals surface area contributed by atoms with Gasteiger partial charge in [0.25, 0.3) is 0 Å². The fourth-order valence-electron chi connectivity index (χ4n) is 3.93. The molecule has 1 aliphatic heterocycles. The van der Waals surface area contributed by atoms with Gasteiger partial charge in [-0.05, 0) is 26.3 Å². The predicted octanol–water partition coefficient (Wildman–Crippen LogP) is 2.32. The van der Waals surface area contributed by atoms with Crippen molar-refractivity contribution in [2.45, 2.75) is 39.3 Å². The lowest BCUT2D eigenvalue weighted by molar-refractivity contribution is -0.129. The molecule has 1 fully saturated rings. The van der Waals surface area contributed by atoms with Crippen LogP contribution in [0.25, 0.3) is 0 Å². The molecule has 1 N–H and O–H groups in total. The Bertz CT molecular complexity index is 833. The Morgan fingerprint density at radius 1 is 1.36 bits per heavy atom. The number of benzene rings is 1. The van der Waals surface area contributed by atoms with Crippen LogP contribution >= 0.6 is 0 Å². The van der Waals surface area contributed by atoms with E-state index in [1.807, 2.05) is 44.3 Å². The van der Waals surface area contributed by atoms with Crippen molar-refractivity contribution < 1.29 is 14.3 Å². The van der Waals surface area contributed by atoms with Crippen molar-refractivity contribution >= 4 is 11.8 Å². The molecule has 2 aromatic rings. The number of aryl methyl sites for hydroxylation is 2. The number of likely N-dealkylation sites (tertiary alicyclic amines) is 1. The van der Waals surface area contributed by atoms with Crippen molar-refractivity contribution in [2.75, 3.05) is 20.2 Å². The topological polar surface area (TPSA) is 76.5 Å². The van der Waals surface area contributed by atoms with Gasteiger partial charge in [0.1, 0.15) is 11.6 Å². The lowest BCUT2D eigenvalue weighted by atomic mass is 9.92. The maximum Gasteiger partial charge on any atom is 0.226 e. The van der Waals surface area contributed by atoms with E-state index in [0.717, 1.165) is 24.4 Å². The second-order valence-electron chi connectivity index (χ2n) is 6.99. The fourth-order valence-corrected chi connectivity index (χ4v) is 3.93. The van der Waals surface area contributed by atoms with Gasteiger partial charge in [-0.3, -0.25) is 9.59 Å². The molecule has 0 aliphatic carbocycles. The monoisotopic (exact) mass is 384 g/mol. The van der Waals surface area contributed by atoms with Gasteiger partial charge in [-0.15, -0.1) is 0 Å². The SMILES string of the molecule is CCN1C(=O)C[C@@H](C(=O)NCCCn2ccnc2C)[C@@H]1c1ccccc1OC. The molecule has 0 unspecified atom stereocenters. The summed E-state index contributed by atoms with van der Waals surface area (Å²) >= 11 is 0. The van der Waals surface area contributed by atoms with Crippen LogP contribution in [-0.2, 0) is 16.1 Å². The van der Waals surface area contributed by atoms with Crippen LogP contribution in [0.5, 0.6) is 5.75 Å². The number of nitrogens with one attached hydrogen (secondary N) is 1. The van der Waals surface area contributed by atoms with E-state index >= 15 is 0 Å². The third-order valence-corrected chi connectivity index (χ3v) is 5.37. The van der Waals surface area contributed by atoms with Crippen LogP contribution in [0.3, 0.4) is 0 Å². The molecule has 150 valence electrons. The number of rotatable bonds is 8. The molecule has 7 heteroatoms. The van der Waals surface area contributed by atoms with Crippen molar-refractivity contribution in [2.24, 2.45) is 5.92 Å². The minimum atomic E-state index is -0.418. The van der Waals surface area contributed by atoms with Gasteiger partial charge in [0.05, 0.1) is 19.1 Å². The number of amides is 2. The molecular weight excluding hydrogens is 356 g/mol. The summed E-state index contributed by atoms with van der Waals surface area (Å²) in [4.78, 5) is 31.4. The second kappa shape index (κ2) is 8.91. The van der Waals surface area contributed by atoms with E-state index < -0.39 is 5.92 Å². The highest BCUT2D eigenvalue weighted by Gasteiger charge is 2.44. The van der Waals surface area contributed by atoms with E-state index in [1.54, 1.807) is 18.2 Å². The van der Waals surface area contributed by atoms with Gasteiger partial charge < -0.3 is 19.5 Å². The minimum absolute atomic E-state index is 0.00703. The number of nitrogens with zero attached hydrogens (tertiary/aromatic N) is 3. The molecule has 1 aliphatic rings. The Kier molecular flexibility index (Phi) is 6.34. The van der Waals surface area contributed by atoms with Gasteiger partial charge >= 0.3 is 0 Å². The summed E-state index contributed by atoms with van der Waals surface area (Å²) < 4.78 is 7.54. The van der Waals surface area contributed by atoms with Gasteiger partial charge in [-0.25, -0.2) is 4.98 Å². The number of methoxy groups -OCH3 is 1. The van der Waals surface area contributed by atoms with E-state index in [4.69, 9.17) is 4.74 Å². The maximum atomic E-state index is 12.9. The number of hydrogen-bond donors (Lipinski definition) is 1. The Morgan fingerprint density at radius 2 is 2.14 bits per heavy atom. The molecule has 1 saturated heterocycles. The molecule has 2 amide bonds. The van der Waals surface area contributed by atoms with Crippen LogP contribution < -0.4 is 10.1 Å². The Morgan fingerprint density at radius 3 is 2.82 bits per heavy atom. The lowest BCUT2D eigenvalue weighted by Gasteiger charge is -2.28. The molecule has 1 aromatic heterocycles. The predicted molar refractivity (Wildman–Crippen MR) is 106 cm³/mol. The zero-order chi connectivity index (χ0) is 20.1. The third kappa shape index (κ3) is 4.03. The second-order valence-corrected chi connectivity index (χ2v) is 6.99. The molecule has 1 aromatic carbocycles. The number of para-hydroxylation sites is 1. The van der Waals surface area contributed by atoms with E-state index in [9.17, 15) is 9.59 Å². The molecule has 28 heavy (non-hydrogen) atoms. The molecule has 0 spiro atoms. The van der Waals surface area contributed by atoms with Crippen molar-refractivity contribution in [1.82, 2.24) is 19.8 Å². The summed E-state index contributed by atoms with van der Waals surface area (Å²) in [5.74, 6) is 1.17. The van der Waals surface area contributed by atoms with E-state index in [2.05, 4.69) is 14.9 Å². The van der Waals surface area contributed by atoms with Crippen LogP contribution in [0.1, 0.15) is 37.2 Å². The van der Waals surface area contributed by atoms with Crippen molar-refractivity contribution in [3.63, 3.8) is 0 Å². The zero-order valence-corrected chi connectivity index (χ0v) is 16.7. The maximum absolute atomic E-state index is 12.9. The molecule has 0 bridgehead atoms. The quantitative estimate of drug-likeness (QED) is 0.709. The first-order valence-corrected chi connectivity index (χ1v) is 9.74. The van der Waals surface area contributed by atoms with Crippen LogP contribution in [0.2, 0.25) is 0 Å². The van der Waals surface area contributed by atoms with Gasteiger partial charge in [0.15, 0.2) is 0 Å². The van der Waals surface area contributed by atoms with E-state index in [-0.39, 0.29) is 24.3 Å². The van der Waals surface area contributed by atoms with Crippen molar-refractivity contribution in [3.8, 4) is 5.75 Å². The number of imidazole rings is 1. The van der Waals surface area contributed by atoms with Crippen LogP contribution in [0, 0.1) is 12.8 Å². The number of aromatic nitrogens is 2. The molecule has 2 heterocycles. The summed E-state index contributed by atoms with van der Waals surface area (Å²) in [6.07, 6.45) is 4.74. The van der Waals surface area contributed by atoms with Crippen molar-refractivity contribution in [1.29, 1.82) is 0 Å². The highest BCUT2D eigenvalue weighted by atomic mass is 16.5. The summed E-state index contributed by atoms with van der Waals surface area (Å²) in [5.41, 5.74) is 0.881. The first kappa shape index (κ1) is 19.9. The molecular formula is C21H28N4O3. The zero-order valence-electron chi connectivity index (χ0n) is 16.7. The average molecular weight is 384 g/mol. The first-order chi connectivity index (χ1) is 13.6. The molecule has 3 rings (SSSR count). The molecule has 0 radical (unpaired) electrons. The molecule has 0 saturated carbocycles. The third-order valence-electron chi connectivity index (χ3n) is 5.37. The highest BCUT2D eigenvalue weighted by Crippen LogP contribution is 2.41. The molecule has 7 nitrogen and oxygen atoms in total. The standard InChI is InChI=1S/C21H28N4O3/c1-4-25-19(26)14-17(20(25)16-8-5-6-9-18(16)28-3)21(27)23-10-7-12-24-13-11-22-15(24)2/h5-6,8-9,11,13,17,20H,4,7,10,12,14H2,1-3H3,(H,23,27)/t17-,20+/m1/s1. The van der Waals surface area contributed by atoms with Gasteiger partial charge in [-0.2, -0.15) is 0 Å². The van der Waals surface area contributed by atoms with Crippen molar-refractivity contribution in [3.05, 3.63) is 48.0 Å². The first-order valence-electron chi connectivity index (χ1n) is 9.74. The fraction of sp³-hybridized carbons (Fsp3) is 0.476. The summed E-state index contributed by atoms with van der Waals surface area (Å²) in [5, 5.41) is 3.02. The molecule has 2 atom stereocenters. The van der Waals surface area contributed by atoms with E-state index in [0.29, 0.717) is 18.8 Å². The minimum Gasteiger partial charge on any atom is -0.496 e. The van der Waals surface area contributed by atoms with Gasteiger partial charge in [0, 0.05) is 44.0 Å². The highest BCUT2D eigenvalue weighted by molar-refractivity contribution is 5.90. The normalized spacial score (nSPS) is 19.1. The van der Waals surface area contributed by atoms with Crippen LogP contribution in [-0.4, -0.2) is 46.5 Å². The smallest absolute Gasteiger partial charge is 0.226 e.